The molecule has 0 saturated heterocycles. The molecule has 5 rings (SSSR count). The molecule has 1 saturated carbocycles. The van der Waals surface area contributed by atoms with E-state index in [1.54, 1.807) is 31.4 Å². The molecule has 1 fully saturated rings. The third-order valence-electron chi connectivity index (χ3n) is 6.07. The average molecular weight is 483 g/mol. The monoisotopic (exact) mass is 483 g/mol. The van der Waals surface area contributed by atoms with Crippen LogP contribution in [0.4, 0.5) is 8.78 Å². The molecule has 12 heteroatoms. The molecule has 1 aliphatic carbocycles. The minimum atomic E-state index is -2.73. The molecule has 182 valence electrons. The summed E-state index contributed by atoms with van der Waals surface area (Å²) in [5.74, 6) is 1.03. The van der Waals surface area contributed by atoms with Gasteiger partial charge in [-0.1, -0.05) is 18.2 Å². The van der Waals surface area contributed by atoms with Crippen LogP contribution in [0.15, 0.2) is 41.1 Å². The van der Waals surface area contributed by atoms with Crippen molar-refractivity contribution in [3.63, 3.8) is 0 Å². The maximum atomic E-state index is 13.4. The van der Waals surface area contributed by atoms with Crippen LogP contribution in [0.3, 0.4) is 0 Å². The van der Waals surface area contributed by atoms with Gasteiger partial charge in [0.25, 0.3) is 18.3 Å². The standard InChI is InChI=1S/C23H23F2N7O3/c1-34-12-18-29-30-22(35-18)13-6-8-15(9-7-13)28-21(33)14-10-26-23(27-11-14)32-17-5-3-2-4-16(17)19(31-32)20(24)25/h2-5,10-11,13,15,20H,6-9,12H2,1H3,(H,28,33). The maximum absolute atomic E-state index is 13.4. The van der Waals surface area contributed by atoms with Gasteiger partial charge in [0.05, 0.1) is 11.1 Å². The molecular weight excluding hydrogens is 460 g/mol. The fraction of sp³-hybridized carbons (Fsp3) is 0.391. The minimum Gasteiger partial charge on any atom is -0.422 e. The van der Waals surface area contributed by atoms with Gasteiger partial charge in [0, 0.05) is 36.8 Å². The van der Waals surface area contributed by atoms with Crippen LogP contribution in [0.1, 0.15) is 65.9 Å². The highest BCUT2D eigenvalue weighted by Crippen LogP contribution is 2.32. The van der Waals surface area contributed by atoms with Crippen molar-refractivity contribution in [2.75, 3.05) is 7.11 Å². The molecule has 3 heterocycles. The molecule has 0 aliphatic heterocycles. The second-order valence-electron chi connectivity index (χ2n) is 8.38. The third kappa shape index (κ3) is 4.74. The van der Waals surface area contributed by atoms with E-state index in [1.807, 2.05) is 0 Å². The number of amides is 1. The molecule has 35 heavy (non-hydrogen) atoms. The smallest absolute Gasteiger partial charge is 0.282 e. The van der Waals surface area contributed by atoms with Crippen molar-refractivity contribution < 1.29 is 22.7 Å². The van der Waals surface area contributed by atoms with Gasteiger partial charge >= 0.3 is 0 Å². The van der Waals surface area contributed by atoms with Gasteiger partial charge < -0.3 is 14.5 Å². The minimum absolute atomic E-state index is 0.00320. The maximum Gasteiger partial charge on any atom is 0.282 e. The van der Waals surface area contributed by atoms with Crippen molar-refractivity contribution in [3.8, 4) is 5.95 Å². The lowest BCUT2D eigenvalue weighted by atomic mass is 9.86. The molecule has 3 aromatic heterocycles. The van der Waals surface area contributed by atoms with Gasteiger partial charge in [0.1, 0.15) is 12.3 Å². The van der Waals surface area contributed by atoms with Crippen molar-refractivity contribution in [2.24, 2.45) is 0 Å². The lowest BCUT2D eigenvalue weighted by molar-refractivity contribution is 0.0923. The Morgan fingerprint density at radius 1 is 1.17 bits per heavy atom. The van der Waals surface area contributed by atoms with E-state index in [-0.39, 0.29) is 41.7 Å². The van der Waals surface area contributed by atoms with Gasteiger partial charge in [-0.15, -0.1) is 10.2 Å². The van der Waals surface area contributed by atoms with E-state index in [0.717, 1.165) is 25.7 Å². The lowest BCUT2D eigenvalue weighted by Crippen LogP contribution is -2.37. The molecule has 1 aliphatic rings. The van der Waals surface area contributed by atoms with E-state index in [0.29, 0.717) is 22.7 Å². The predicted octanol–water partition coefficient (Wildman–Crippen LogP) is 3.74. The fourth-order valence-corrected chi connectivity index (χ4v) is 4.32. The van der Waals surface area contributed by atoms with Crippen LogP contribution in [0, 0.1) is 0 Å². The van der Waals surface area contributed by atoms with E-state index in [2.05, 4.69) is 30.6 Å². The first-order valence-electron chi connectivity index (χ1n) is 11.2. The van der Waals surface area contributed by atoms with Crippen molar-refractivity contribution in [1.29, 1.82) is 0 Å². The zero-order valence-corrected chi connectivity index (χ0v) is 18.9. The summed E-state index contributed by atoms with van der Waals surface area (Å²) in [4.78, 5) is 21.1. The Morgan fingerprint density at radius 2 is 1.91 bits per heavy atom. The van der Waals surface area contributed by atoms with Crippen LogP contribution < -0.4 is 5.32 Å². The molecule has 1 aromatic carbocycles. The second kappa shape index (κ2) is 9.82. The average Bonchev–Trinajstić information content (AvgIpc) is 3.50. The Balaban J connectivity index is 1.22. The van der Waals surface area contributed by atoms with Gasteiger partial charge in [-0.25, -0.2) is 18.7 Å². The van der Waals surface area contributed by atoms with Crippen molar-refractivity contribution in [2.45, 2.75) is 50.7 Å². The number of fused-ring (bicyclic) bond motifs is 1. The molecule has 0 unspecified atom stereocenters. The summed E-state index contributed by atoms with van der Waals surface area (Å²) in [5, 5.41) is 15.4. The molecule has 1 N–H and O–H groups in total. The highest BCUT2D eigenvalue weighted by Gasteiger charge is 2.27. The lowest BCUT2D eigenvalue weighted by Gasteiger charge is -2.27. The first-order valence-corrected chi connectivity index (χ1v) is 11.2. The number of carbonyl (C=O) groups excluding carboxylic acids is 1. The first kappa shape index (κ1) is 23.0. The van der Waals surface area contributed by atoms with Gasteiger partial charge in [-0.05, 0) is 31.7 Å². The quantitative estimate of drug-likeness (QED) is 0.422. The van der Waals surface area contributed by atoms with Crippen LogP contribution in [0.2, 0.25) is 0 Å². The van der Waals surface area contributed by atoms with Crippen LogP contribution in [-0.2, 0) is 11.3 Å². The number of carbonyl (C=O) groups is 1. The van der Waals surface area contributed by atoms with Crippen molar-refractivity contribution >= 4 is 16.8 Å². The Labute approximate surface area is 198 Å². The van der Waals surface area contributed by atoms with Gasteiger partial charge in [0.15, 0.2) is 0 Å². The first-order chi connectivity index (χ1) is 17.0. The largest absolute Gasteiger partial charge is 0.422 e. The summed E-state index contributed by atoms with van der Waals surface area (Å²) in [7, 11) is 1.57. The Morgan fingerprint density at radius 3 is 2.63 bits per heavy atom. The SMILES string of the molecule is COCc1nnc(C2CCC(NC(=O)c3cnc(-n4nc(C(F)F)c5ccccc54)nc3)CC2)o1. The molecule has 10 nitrogen and oxygen atoms in total. The summed E-state index contributed by atoms with van der Waals surface area (Å²) >= 11 is 0. The molecular formula is C23H23F2N7O3. The van der Waals surface area contributed by atoms with E-state index in [1.165, 1.54) is 17.1 Å². The van der Waals surface area contributed by atoms with Gasteiger partial charge in [-0.3, -0.25) is 4.79 Å². The molecule has 4 aromatic rings. The predicted molar refractivity (Wildman–Crippen MR) is 119 cm³/mol. The normalized spacial score (nSPS) is 18.3. The number of benzene rings is 1. The molecule has 0 spiro atoms. The topological polar surface area (TPSA) is 121 Å². The van der Waals surface area contributed by atoms with Crippen molar-refractivity contribution in [3.05, 3.63) is 59.7 Å². The van der Waals surface area contributed by atoms with E-state index in [4.69, 9.17) is 9.15 Å². The van der Waals surface area contributed by atoms with Gasteiger partial charge in [0.2, 0.25) is 11.8 Å². The number of para-hydroxylation sites is 1. The highest BCUT2D eigenvalue weighted by molar-refractivity contribution is 5.93. The molecule has 0 radical (unpaired) electrons. The number of nitrogens with zero attached hydrogens (tertiary/aromatic N) is 6. The number of alkyl halides is 2. The second-order valence-corrected chi connectivity index (χ2v) is 8.38. The van der Waals surface area contributed by atoms with E-state index in [9.17, 15) is 13.6 Å². The number of nitrogens with one attached hydrogen (secondary N) is 1. The number of methoxy groups -OCH3 is 1. The number of ether oxygens (including phenoxy) is 1. The Hall–Kier alpha value is -3.80. The fourth-order valence-electron chi connectivity index (χ4n) is 4.32. The van der Waals surface area contributed by atoms with E-state index < -0.39 is 6.43 Å². The number of rotatable bonds is 7. The number of aromatic nitrogens is 6. The third-order valence-corrected chi connectivity index (χ3v) is 6.07. The summed E-state index contributed by atoms with van der Waals surface area (Å²) < 4.78 is 38.7. The van der Waals surface area contributed by atoms with Crippen LogP contribution in [0.25, 0.3) is 16.9 Å². The summed E-state index contributed by atoms with van der Waals surface area (Å²) in [5.41, 5.74) is 0.409. The van der Waals surface area contributed by atoms with E-state index >= 15 is 0 Å². The van der Waals surface area contributed by atoms with Crippen molar-refractivity contribution in [1.82, 2.24) is 35.3 Å². The summed E-state index contributed by atoms with van der Waals surface area (Å²) in [6.07, 6.45) is 3.19. The summed E-state index contributed by atoms with van der Waals surface area (Å²) in [6, 6.07) is 6.64. The van der Waals surface area contributed by atoms with Gasteiger partial charge in [-0.2, -0.15) is 9.78 Å². The number of hydrogen-bond acceptors (Lipinski definition) is 8. The zero-order valence-electron chi connectivity index (χ0n) is 18.9. The number of halogens is 2. The molecule has 0 bridgehead atoms. The van der Waals surface area contributed by atoms with Crippen LogP contribution in [-0.4, -0.2) is 49.0 Å². The Kier molecular flexibility index (Phi) is 6.45. The zero-order chi connectivity index (χ0) is 24.4. The summed E-state index contributed by atoms with van der Waals surface area (Å²) in [6.45, 7) is 0.281. The number of hydrogen-bond donors (Lipinski definition) is 1. The molecule has 0 atom stereocenters. The highest BCUT2D eigenvalue weighted by atomic mass is 19.3. The Bertz CT molecular complexity index is 1310. The molecule has 1 amide bonds. The van der Waals surface area contributed by atoms with Crippen LogP contribution in [0.5, 0.6) is 0 Å². The van der Waals surface area contributed by atoms with Crippen LogP contribution >= 0.6 is 0 Å².